The number of thiazole rings is 1. The molecule has 7 nitrogen and oxygen atoms in total. The minimum Gasteiger partial charge on any atom is -0.463 e. The first-order valence-corrected chi connectivity index (χ1v) is 12.3. The third-order valence-electron chi connectivity index (χ3n) is 5.63. The number of thiophene rings is 1. The van der Waals surface area contributed by atoms with Gasteiger partial charge in [-0.1, -0.05) is 17.4 Å². The third-order valence-corrected chi connectivity index (χ3v) is 7.54. The summed E-state index contributed by atoms with van der Waals surface area (Å²) in [5.41, 5.74) is 0.784. The van der Waals surface area contributed by atoms with E-state index in [0.29, 0.717) is 26.4 Å². The Kier molecular flexibility index (Phi) is 5.60. The van der Waals surface area contributed by atoms with Crippen molar-refractivity contribution in [3.8, 4) is 0 Å². The van der Waals surface area contributed by atoms with Gasteiger partial charge in [-0.3, -0.25) is 9.36 Å². The number of esters is 1. The number of aromatic nitrogens is 1. The van der Waals surface area contributed by atoms with Crippen molar-refractivity contribution < 1.29 is 13.9 Å². The number of hydrogen-bond acceptors (Lipinski definition) is 8. The maximum Gasteiger partial charge on any atom is 0.338 e. The molecule has 2 aliphatic heterocycles. The molecule has 0 saturated carbocycles. The standard InChI is InChI=1S/C23H23N3O4S2/c1-3-29-22(28)19-14(2)24-23-26(20(19)16-7-6-12-31-16)21(27)17(32-23)13-15-8-9-18(30-15)25-10-4-5-11-25/h6-9,12-13,20H,3-5,10-11H2,1-2H3/b17-13+/t20-/m0/s1. The molecule has 5 heterocycles. The maximum absolute atomic E-state index is 13.5. The zero-order chi connectivity index (χ0) is 22.2. The largest absolute Gasteiger partial charge is 0.463 e. The van der Waals surface area contributed by atoms with Crippen molar-refractivity contribution >= 4 is 40.6 Å². The van der Waals surface area contributed by atoms with Crippen molar-refractivity contribution in [2.75, 3.05) is 24.6 Å². The van der Waals surface area contributed by atoms with Crippen LogP contribution in [0.1, 0.15) is 43.4 Å². The summed E-state index contributed by atoms with van der Waals surface area (Å²) in [6.07, 6.45) is 4.09. The molecule has 3 aromatic heterocycles. The van der Waals surface area contributed by atoms with Gasteiger partial charge in [0, 0.05) is 30.1 Å². The highest BCUT2D eigenvalue weighted by atomic mass is 32.1. The Labute approximate surface area is 192 Å². The molecule has 0 bridgehead atoms. The average molecular weight is 470 g/mol. The summed E-state index contributed by atoms with van der Waals surface area (Å²) in [5.74, 6) is 1.02. The summed E-state index contributed by atoms with van der Waals surface area (Å²) < 4.78 is 13.4. The number of hydrogen-bond donors (Lipinski definition) is 0. The van der Waals surface area contributed by atoms with E-state index in [0.717, 1.165) is 23.9 Å². The molecule has 0 aliphatic carbocycles. The summed E-state index contributed by atoms with van der Waals surface area (Å²) in [6.45, 7) is 5.80. The van der Waals surface area contributed by atoms with Crippen molar-refractivity contribution in [3.05, 3.63) is 71.2 Å². The second-order valence-electron chi connectivity index (χ2n) is 7.69. The zero-order valence-electron chi connectivity index (χ0n) is 17.9. The molecule has 5 rings (SSSR count). The molecular formula is C23H23N3O4S2. The number of furan rings is 1. The number of nitrogens with zero attached hydrogens (tertiary/aromatic N) is 3. The molecule has 0 amide bonds. The number of carbonyl (C=O) groups is 1. The van der Waals surface area contributed by atoms with Gasteiger partial charge in [0.15, 0.2) is 10.7 Å². The van der Waals surface area contributed by atoms with Crippen LogP contribution in [0.5, 0.6) is 0 Å². The molecule has 0 radical (unpaired) electrons. The Morgan fingerprint density at radius 3 is 2.84 bits per heavy atom. The molecule has 32 heavy (non-hydrogen) atoms. The fourth-order valence-corrected chi connectivity index (χ4v) is 6.01. The van der Waals surface area contributed by atoms with Gasteiger partial charge in [-0.15, -0.1) is 11.3 Å². The van der Waals surface area contributed by atoms with Crippen LogP contribution in [-0.4, -0.2) is 30.2 Å². The molecule has 3 aromatic rings. The quantitative estimate of drug-likeness (QED) is 0.537. The Balaban J connectivity index is 1.61. The topological polar surface area (TPSA) is 77.0 Å². The first-order chi connectivity index (χ1) is 15.6. The summed E-state index contributed by atoms with van der Waals surface area (Å²) >= 11 is 2.80. The van der Waals surface area contributed by atoms with Gasteiger partial charge in [-0.25, -0.2) is 9.79 Å². The molecule has 0 aromatic carbocycles. The predicted molar refractivity (Wildman–Crippen MR) is 125 cm³/mol. The van der Waals surface area contributed by atoms with Crippen LogP contribution < -0.4 is 19.8 Å². The normalized spacial score (nSPS) is 18.8. The van der Waals surface area contributed by atoms with Crippen LogP contribution in [0.15, 0.2) is 55.1 Å². The molecule has 2 aliphatic rings. The molecule has 166 valence electrons. The second kappa shape index (κ2) is 8.55. The Bertz CT molecular complexity index is 1350. The van der Waals surface area contributed by atoms with Gasteiger partial charge in [0.05, 0.1) is 22.4 Å². The van der Waals surface area contributed by atoms with Gasteiger partial charge in [0.25, 0.3) is 5.56 Å². The Morgan fingerprint density at radius 1 is 1.31 bits per heavy atom. The van der Waals surface area contributed by atoms with Crippen LogP contribution in [0.3, 0.4) is 0 Å². The summed E-state index contributed by atoms with van der Waals surface area (Å²) in [5, 5.41) is 1.94. The van der Waals surface area contributed by atoms with Gasteiger partial charge in [-0.05, 0) is 44.2 Å². The van der Waals surface area contributed by atoms with Crippen LogP contribution in [-0.2, 0) is 9.53 Å². The molecule has 1 atom stereocenters. The Hall–Kier alpha value is -2.91. The van der Waals surface area contributed by atoms with E-state index in [9.17, 15) is 9.59 Å². The van der Waals surface area contributed by atoms with Crippen LogP contribution in [0.25, 0.3) is 6.08 Å². The average Bonchev–Trinajstić information content (AvgIpc) is 3.57. The third kappa shape index (κ3) is 3.65. The lowest BCUT2D eigenvalue weighted by Gasteiger charge is -2.23. The van der Waals surface area contributed by atoms with Crippen molar-refractivity contribution in [3.63, 3.8) is 0 Å². The lowest BCUT2D eigenvalue weighted by atomic mass is 10.0. The van der Waals surface area contributed by atoms with Crippen molar-refractivity contribution in [1.82, 2.24) is 4.57 Å². The number of rotatable bonds is 5. The molecule has 1 saturated heterocycles. The highest BCUT2D eigenvalue weighted by Crippen LogP contribution is 2.33. The van der Waals surface area contributed by atoms with Crippen LogP contribution >= 0.6 is 22.7 Å². The molecule has 0 N–H and O–H groups in total. The molecule has 0 spiro atoms. The van der Waals surface area contributed by atoms with E-state index in [4.69, 9.17) is 9.15 Å². The minimum atomic E-state index is -0.552. The van der Waals surface area contributed by atoms with Crippen LogP contribution in [0.2, 0.25) is 0 Å². The predicted octanol–water partition coefficient (Wildman–Crippen LogP) is 3.05. The van der Waals surface area contributed by atoms with Crippen LogP contribution in [0, 0.1) is 0 Å². The number of carbonyl (C=O) groups excluding carboxylic acids is 1. The monoisotopic (exact) mass is 469 g/mol. The summed E-state index contributed by atoms with van der Waals surface area (Å²) in [6, 6.07) is 7.13. The summed E-state index contributed by atoms with van der Waals surface area (Å²) in [4.78, 5) is 34.5. The van der Waals surface area contributed by atoms with E-state index in [1.165, 1.54) is 35.5 Å². The highest BCUT2D eigenvalue weighted by Gasteiger charge is 2.33. The van der Waals surface area contributed by atoms with E-state index in [2.05, 4.69) is 9.89 Å². The fourth-order valence-electron chi connectivity index (χ4n) is 4.16. The Morgan fingerprint density at radius 2 is 2.12 bits per heavy atom. The summed E-state index contributed by atoms with van der Waals surface area (Å²) in [7, 11) is 0. The lowest BCUT2D eigenvalue weighted by molar-refractivity contribution is -0.139. The van der Waals surface area contributed by atoms with E-state index in [1.54, 1.807) is 24.5 Å². The molecule has 1 fully saturated rings. The van der Waals surface area contributed by atoms with Gasteiger partial charge < -0.3 is 14.1 Å². The minimum absolute atomic E-state index is 0.194. The number of allylic oxidation sites excluding steroid dienone is 1. The molecule has 0 unspecified atom stereocenters. The van der Waals surface area contributed by atoms with E-state index in [-0.39, 0.29) is 12.2 Å². The van der Waals surface area contributed by atoms with E-state index < -0.39 is 12.0 Å². The molecular weight excluding hydrogens is 446 g/mol. The van der Waals surface area contributed by atoms with Gasteiger partial charge in [0.2, 0.25) is 0 Å². The highest BCUT2D eigenvalue weighted by molar-refractivity contribution is 7.10. The first-order valence-electron chi connectivity index (χ1n) is 10.6. The van der Waals surface area contributed by atoms with Gasteiger partial charge in [0.1, 0.15) is 11.8 Å². The maximum atomic E-state index is 13.5. The number of anilines is 1. The van der Waals surface area contributed by atoms with Crippen molar-refractivity contribution in [1.29, 1.82) is 0 Å². The number of fused-ring (bicyclic) bond motifs is 1. The zero-order valence-corrected chi connectivity index (χ0v) is 19.5. The second-order valence-corrected chi connectivity index (χ2v) is 9.68. The van der Waals surface area contributed by atoms with Crippen LogP contribution in [0.4, 0.5) is 5.88 Å². The van der Waals surface area contributed by atoms with Gasteiger partial charge in [-0.2, -0.15) is 0 Å². The van der Waals surface area contributed by atoms with Gasteiger partial charge >= 0.3 is 5.97 Å². The SMILES string of the molecule is CCOC(=O)C1=C(C)N=c2s/c(=C/c3ccc(N4CCCC4)o3)c(=O)n2[C@H]1c1cccs1. The van der Waals surface area contributed by atoms with Crippen molar-refractivity contribution in [2.45, 2.75) is 32.7 Å². The lowest BCUT2D eigenvalue weighted by Crippen LogP contribution is -2.39. The number of ether oxygens (including phenoxy) is 1. The van der Waals surface area contributed by atoms with Crippen molar-refractivity contribution in [2.24, 2.45) is 4.99 Å². The van der Waals surface area contributed by atoms with E-state index in [1.807, 2.05) is 29.6 Å². The molecule has 9 heteroatoms. The fraction of sp³-hybridized carbons (Fsp3) is 0.348. The smallest absolute Gasteiger partial charge is 0.338 e. The first kappa shape index (κ1) is 21.0. The van der Waals surface area contributed by atoms with E-state index >= 15 is 0 Å².